The maximum atomic E-state index is 13.6. The van der Waals surface area contributed by atoms with Gasteiger partial charge in [0.25, 0.3) is 0 Å². The number of amides is 1. The van der Waals surface area contributed by atoms with Crippen molar-refractivity contribution < 1.29 is 22.4 Å². The molecule has 126 valence electrons. The van der Waals surface area contributed by atoms with Gasteiger partial charge in [-0.15, -0.1) is 0 Å². The van der Waals surface area contributed by atoms with Crippen LogP contribution in [0.5, 0.6) is 0 Å². The van der Waals surface area contributed by atoms with Crippen molar-refractivity contribution in [2.75, 3.05) is 11.4 Å². The zero-order valence-electron chi connectivity index (χ0n) is 12.1. The van der Waals surface area contributed by atoms with Gasteiger partial charge in [0.15, 0.2) is 0 Å². The first-order valence-corrected chi connectivity index (χ1v) is 7.87. The molecule has 1 fully saturated rings. The highest BCUT2D eigenvalue weighted by Gasteiger charge is 2.37. The van der Waals surface area contributed by atoms with Gasteiger partial charge in [-0.2, -0.15) is 13.2 Å². The molecule has 2 heterocycles. The van der Waals surface area contributed by atoms with Crippen molar-refractivity contribution in [1.29, 1.82) is 0 Å². The van der Waals surface area contributed by atoms with Crippen molar-refractivity contribution in [2.24, 2.45) is 0 Å². The standard InChI is InChI=1S/C16H11BrF4N2O/c17-11-5-4-9(8-12(11)18)23-7-6-10(15(23)24)13-2-1-3-14(22-13)16(19,20)21/h1-5,8,10H,6-7H2. The topological polar surface area (TPSA) is 33.2 Å². The summed E-state index contributed by atoms with van der Waals surface area (Å²) in [5, 5.41) is 0. The van der Waals surface area contributed by atoms with Gasteiger partial charge in [0.2, 0.25) is 5.91 Å². The van der Waals surface area contributed by atoms with Gasteiger partial charge in [-0.1, -0.05) is 6.07 Å². The van der Waals surface area contributed by atoms with Crippen LogP contribution in [-0.4, -0.2) is 17.4 Å². The highest BCUT2D eigenvalue weighted by atomic mass is 79.9. The summed E-state index contributed by atoms with van der Waals surface area (Å²) in [7, 11) is 0. The van der Waals surface area contributed by atoms with Crippen molar-refractivity contribution in [3.8, 4) is 0 Å². The number of benzene rings is 1. The second-order valence-electron chi connectivity index (χ2n) is 5.38. The molecule has 1 atom stereocenters. The molecule has 1 aromatic heterocycles. The average Bonchev–Trinajstić information content (AvgIpc) is 2.91. The number of anilines is 1. The molecular formula is C16H11BrF4N2O. The minimum atomic E-state index is -4.56. The van der Waals surface area contributed by atoms with E-state index in [0.717, 1.165) is 6.07 Å². The molecule has 0 spiro atoms. The Morgan fingerprint density at radius 1 is 1.21 bits per heavy atom. The number of alkyl halides is 3. The van der Waals surface area contributed by atoms with Crippen molar-refractivity contribution in [2.45, 2.75) is 18.5 Å². The molecule has 1 aromatic carbocycles. The molecule has 1 aliphatic heterocycles. The molecule has 0 N–H and O–H groups in total. The lowest BCUT2D eigenvalue weighted by Crippen LogP contribution is -2.27. The van der Waals surface area contributed by atoms with E-state index in [1.807, 2.05) is 0 Å². The smallest absolute Gasteiger partial charge is 0.312 e. The SMILES string of the molecule is O=C1C(c2cccc(C(F)(F)F)n2)CCN1c1ccc(Br)c(F)c1. The van der Waals surface area contributed by atoms with Gasteiger partial charge in [-0.3, -0.25) is 4.79 Å². The number of hydrogen-bond acceptors (Lipinski definition) is 2. The van der Waals surface area contributed by atoms with E-state index in [9.17, 15) is 22.4 Å². The first-order valence-electron chi connectivity index (χ1n) is 7.08. The summed E-state index contributed by atoms with van der Waals surface area (Å²) in [6.07, 6.45) is -4.24. The number of nitrogens with zero attached hydrogens (tertiary/aromatic N) is 2. The Bertz CT molecular complexity index is 794. The Kier molecular flexibility index (Phi) is 4.33. The fraction of sp³-hybridized carbons (Fsp3) is 0.250. The molecule has 0 saturated carbocycles. The van der Waals surface area contributed by atoms with Gasteiger partial charge in [0, 0.05) is 12.2 Å². The van der Waals surface area contributed by atoms with Crippen molar-refractivity contribution in [3.05, 3.63) is 58.1 Å². The third-order valence-electron chi connectivity index (χ3n) is 3.84. The third-order valence-corrected chi connectivity index (χ3v) is 4.48. The molecule has 3 rings (SSSR count). The number of hydrogen-bond donors (Lipinski definition) is 0. The molecule has 1 amide bonds. The zero-order valence-corrected chi connectivity index (χ0v) is 13.7. The fourth-order valence-corrected chi connectivity index (χ4v) is 2.91. The van der Waals surface area contributed by atoms with E-state index in [1.54, 1.807) is 6.07 Å². The van der Waals surface area contributed by atoms with Gasteiger partial charge in [-0.05, 0) is 52.7 Å². The maximum absolute atomic E-state index is 13.6. The van der Waals surface area contributed by atoms with Crippen LogP contribution in [0.1, 0.15) is 23.7 Å². The summed E-state index contributed by atoms with van der Waals surface area (Å²) in [5.41, 5.74) is -0.578. The first-order chi connectivity index (χ1) is 11.3. The Morgan fingerprint density at radius 3 is 2.62 bits per heavy atom. The largest absolute Gasteiger partial charge is 0.433 e. The molecule has 1 saturated heterocycles. The van der Waals surface area contributed by atoms with E-state index >= 15 is 0 Å². The Balaban J connectivity index is 1.88. The van der Waals surface area contributed by atoms with Crippen LogP contribution in [0.25, 0.3) is 0 Å². The van der Waals surface area contributed by atoms with Crippen molar-refractivity contribution >= 4 is 27.5 Å². The van der Waals surface area contributed by atoms with Crippen molar-refractivity contribution in [1.82, 2.24) is 4.98 Å². The quantitative estimate of drug-likeness (QED) is 0.691. The summed E-state index contributed by atoms with van der Waals surface area (Å²) in [6.45, 7) is 0.294. The van der Waals surface area contributed by atoms with Crippen LogP contribution in [-0.2, 0) is 11.0 Å². The molecule has 3 nitrogen and oxygen atoms in total. The lowest BCUT2D eigenvalue weighted by molar-refractivity contribution is -0.141. The van der Waals surface area contributed by atoms with Gasteiger partial charge in [0.05, 0.1) is 16.1 Å². The Morgan fingerprint density at radius 2 is 1.96 bits per heavy atom. The average molecular weight is 403 g/mol. The van der Waals surface area contributed by atoms with Crippen LogP contribution in [0.15, 0.2) is 40.9 Å². The van der Waals surface area contributed by atoms with Crippen LogP contribution >= 0.6 is 15.9 Å². The highest BCUT2D eigenvalue weighted by Crippen LogP contribution is 2.34. The number of rotatable bonds is 2. The molecule has 24 heavy (non-hydrogen) atoms. The molecule has 1 unspecified atom stereocenters. The molecule has 0 radical (unpaired) electrons. The first kappa shape index (κ1) is 16.9. The molecule has 1 aliphatic rings. The van der Waals surface area contributed by atoms with Crippen molar-refractivity contribution in [3.63, 3.8) is 0 Å². The van der Waals surface area contributed by atoms with Gasteiger partial charge >= 0.3 is 6.18 Å². The second-order valence-corrected chi connectivity index (χ2v) is 6.23. The fourth-order valence-electron chi connectivity index (χ4n) is 2.67. The van der Waals surface area contributed by atoms with Gasteiger partial charge < -0.3 is 4.90 Å². The lowest BCUT2D eigenvalue weighted by Gasteiger charge is -2.17. The predicted molar refractivity (Wildman–Crippen MR) is 83.1 cm³/mol. The summed E-state index contributed by atoms with van der Waals surface area (Å²) in [4.78, 5) is 17.5. The van der Waals surface area contributed by atoms with E-state index in [-0.39, 0.29) is 16.1 Å². The van der Waals surface area contributed by atoms with Crippen LogP contribution < -0.4 is 4.90 Å². The third kappa shape index (κ3) is 3.15. The maximum Gasteiger partial charge on any atom is 0.433 e. The van der Waals surface area contributed by atoms with Crippen LogP contribution in [0, 0.1) is 5.82 Å². The van der Waals surface area contributed by atoms with Crippen LogP contribution in [0.3, 0.4) is 0 Å². The van der Waals surface area contributed by atoms with Gasteiger partial charge in [0.1, 0.15) is 11.5 Å². The summed E-state index contributed by atoms with van der Waals surface area (Å²) in [6, 6.07) is 7.78. The lowest BCUT2D eigenvalue weighted by atomic mass is 10.0. The van der Waals surface area contributed by atoms with E-state index in [0.29, 0.717) is 18.7 Å². The summed E-state index contributed by atoms with van der Waals surface area (Å²) < 4.78 is 52.2. The number of pyridine rings is 1. The molecule has 0 aliphatic carbocycles. The van der Waals surface area contributed by atoms with Crippen LogP contribution in [0.2, 0.25) is 0 Å². The molecular weight excluding hydrogens is 392 g/mol. The number of carbonyl (C=O) groups is 1. The predicted octanol–water partition coefficient (Wildman–Crippen LogP) is 4.52. The van der Waals surface area contributed by atoms with Gasteiger partial charge in [-0.25, -0.2) is 9.37 Å². The Labute approximate surface area is 143 Å². The molecule has 2 aromatic rings. The number of aromatic nitrogens is 1. The summed E-state index contributed by atoms with van der Waals surface area (Å²) >= 11 is 3.03. The summed E-state index contributed by atoms with van der Waals surface area (Å²) in [5.74, 6) is -1.66. The monoisotopic (exact) mass is 402 g/mol. The van der Waals surface area contributed by atoms with Crippen LogP contribution in [0.4, 0.5) is 23.2 Å². The molecule has 8 heteroatoms. The number of carbonyl (C=O) groups excluding carboxylic acids is 1. The zero-order chi connectivity index (χ0) is 17.5. The second kappa shape index (κ2) is 6.16. The molecule has 0 bridgehead atoms. The Hall–Kier alpha value is -1.96. The minimum Gasteiger partial charge on any atom is -0.312 e. The van der Waals surface area contributed by atoms with E-state index < -0.39 is 23.6 Å². The highest BCUT2D eigenvalue weighted by molar-refractivity contribution is 9.10. The van der Waals surface area contributed by atoms with E-state index in [4.69, 9.17) is 0 Å². The van der Waals surface area contributed by atoms with E-state index in [1.165, 1.54) is 29.2 Å². The minimum absolute atomic E-state index is 0.0786. The number of halogens is 5. The normalized spacial score (nSPS) is 18.3. The van der Waals surface area contributed by atoms with E-state index in [2.05, 4.69) is 20.9 Å².